The van der Waals surface area contributed by atoms with Crippen LogP contribution in [0.15, 0.2) is 30.3 Å². The summed E-state index contributed by atoms with van der Waals surface area (Å²) >= 11 is 6.88. The minimum atomic E-state index is -0.780. The molecular weight excluding hydrogens is 370 g/mol. The summed E-state index contributed by atoms with van der Waals surface area (Å²) in [6.45, 7) is -0.0883. The fraction of sp³-hybridized carbons (Fsp3) is 0.0625. The van der Waals surface area contributed by atoms with Gasteiger partial charge in [0.05, 0.1) is 21.8 Å². The number of nitriles is 1. The third-order valence-electron chi connectivity index (χ3n) is 3.20. The molecule has 5 nitrogen and oxygen atoms in total. The van der Waals surface area contributed by atoms with E-state index in [0.29, 0.717) is 16.0 Å². The molecule has 3 rings (SSSR count). The van der Waals surface area contributed by atoms with E-state index in [0.717, 1.165) is 23.5 Å². The highest BCUT2D eigenvalue weighted by Gasteiger charge is 2.12. The number of amides is 1. The summed E-state index contributed by atoms with van der Waals surface area (Å²) in [5.74, 6) is -1.90. The van der Waals surface area contributed by atoms with Crippen LogP contribution in [0.2, 0.25) is 5.02 Å². The number of anilines is 2. The van der Waals surface area contributed by atoms with Gasteiger partial charge in [-0.05, 0) is 24.3 Å². The Kier molecular flexibility index (Phi) is 4.79. The van der Waals surface area contributed by atoms with Crippen LogP contribution in [0.4, 0.5) is 19.6 Å². The average Bonchev–Trinajstić information content (AvgIpc) is 2.95. The smallest absolute Gasteiger partial charge is 0.245 e. The first kappa shape index (κ1) is 17.1. The van der Waals surface area contributed by atoms with E-state index in [1.54, 1.807) is 6.07 Å². The van der Waals surface area contributed by atoms with Crippen molar-refractivity contribution < 1.29 is 13.6 Å². The molecule has 0 aliphatic carbocycles. The maximum atomic E-state index is 13.6. The first-order valence-corrected chi connectivity index (χ1v) is 8.14. The number of rotatable bonds is 4. The molecule has 0 saturated carbocycles. The predicted octanol–water partition coefficient (Wildman–Crippen LogP) is 4.15. The first-order chi connectivity index (χ1) is 12.0. The molecule has 3 aromatic rings. The molecule has 0 bridgehead atoms. The molecule has 126 valence electrons. The van der Waals surface area contributed by atoms with Gasteiger partial charge in [-0.3, -0.25) is 4.79 Å². The molecule has 0 saturated heterocycles. The Labute approximate surface area is 149 Å². The van der Waals surface area contributed by atoms with Gasteiger partial charge < -0.3 is 10.6 Å². The van der Waals surface area contributed by atoms with E-state index in [4.69, 9.17) is 16.9 Å². The number of fused-ring (bicyclic) bond motifs is 1. The molecule has 0 aliphatic rings. The lowest BCUT2D eigenvalue weighted by atomic mass is 10.2. The summed E-state index contributed by atoms with van der Waals surface area (Å²) < 4.78 is 27.1. The van der Waals surface area contributed by atoms with E-state index >= 15 is 0 Å². The van der Waals surface area contributed by atoms with Crippen LogP contribution in [0.1, 0.15) is 5.56 Å². The van der Waals surface area contributed by atoms with Crippen molar-refractivity contribution in [1.29, 1.82) is 5.26 Å². The highest BCUT2D eigenvalue weighted by atomic mass is 35.5. The minimum absolute atomic E-state index is 0.00790. The normalized spacial score (nSPS) is 10.5. The fourth-order valence-corrected chi connectivity index (χ4v) is 3.22. The lowest BCUT2D eigenvalue weighted by Crippen LogP contribution is -2.21. The molecule has 9 heteroatoms. The second-order valence-corrected chi connectivity index (χ2v) is 6.40. The molecule has 0 fully saturated rings. The number of nitrogens with one attached hydrogen (secondary N) is 2. The quantitative estimate of drug-likeness (QED) is 0.715. The summed E-state index contributed by atoms with van der Waals surface area (Å²) in [5, 5.41) is 14.6. The van der Waals surface area contributed by atoms with Gasteiger partial charge in [0.15, 0.2) is 10.9 Å². The molecule has 0 atom stereocenters. The van der Waals surface area contributed by atoms with Crippen molar-refractivity contribution in [2.24, 2.45) is 0 Å². The number of hydrogen-bond donors (Lipinski definition) is 2. The zero-order chi connectivity index (χ0) is 18.0. The summed E-state index contributed by atoms with van der Waals surface area (Å²) in [7, 11) is 0. The van der Waals surface area contributed by atoms with E-state index in [1.807, 2.05) is 6.07 Å². The topological polar surface area (TPSA) is 77.8 Å². The number of benzene rings is 2. The second-order valence-electron chi connectivity index (χ2n) is 4.96. The van der Waals surface area contributed by atoms with E-state index in [-0.39, 0.29) is 22.2 Å². The maximum Gasteiger partial charge on any atom is 0.245 e. The van der Waals surface area contributed by atoms with Crippen molar-refractivity contribution in [3.63, 3.8) is 0 Å². The molecule has 0 spiro atoms. The predicted molar refractivity (Wildman–Crippen MR) is 92.8 cm³/mol. The lowest BCUT2D eigenvalue weighted by Gasteiger charge is -2.07. The number of thiazole rings is 1. The SMILES string of the molecule is N#Cc1ccc(NCC(=O)Nc2nc3c(F)cc(F)cc3s2)cc1Cl. The summed E-state index contributed by atoms with van der Waals surface area (Å²) in [6, 6.07) is 8.52. The van der Waals surface area contributed by atoms with E-state index in [9.17, 15) is 13.6 Å². The Morgan fingerprint density at radius 2 is 2.12 bits per heavy atom. The largest absolute Gasteiger partial charge is 0.376 e. The Balaban J connectivity index is 1.66. The van der Waals surface area contributed by atoms with Gasteiger partial charge in [0, 0.05) is 11.8 Å². The molecule has 2 aromatic carbocycles. The maximum absolute atomic E-state index is 13.6. The Morgan fingerprint density at radius 3 is 2.84 bits per heavy atom. The van der Waals surface area contributed by atoms with Gasteiger partial charge in [0.25, 0.3) is 0 Å². The van der Waals surface area contributed by atoms with Crippen LogP contribution in [0.3, 0.4) is 0 Å². The van der Waals surface area contributed by atoms with Crippen LogP contribution in [0.25, 0.3) is 10.2 Å². The molecule has 1 aromatic heterocycles. The number of carbonyl (C=O) groups excluding carboxylic acids is 1. The van der Waals surface area contributed by atoms with Gasteiger partial charge in [0.2, 0.25) is 5.91 Å². The summed E-state index contributed by atoms with van der Waals surface area (Å²) in [4.78, 5) is 15.9. The minimum Gasteiger partial charge on any atom is -0.376 e. The third kappa shape index (κ3) is 3.84. The zero-order valence-corrected chi connectivity index (χ0v) is 14.0. The number of aromatic nitrogens is 1. The van der Waals surface area contributed by atoms with Crippen molar-refractivity contribution in [3.8, 4) is 6.07 Å². The van der Waals surface area contributed by atoms with Crippen molar-refractivity contribution in [2.45, 2.75) is 0 Å². The highest BCUT2D eigenvalue weighted by Crippen LogP contribution is 2.28. The molecule has 25 heavy (non-hydrogen) atoms. The van der Waals surface area contributed by atoms with Crippen LogP contribution in [-0.2, 0) is 4.79 Å². The van der Waals surface area contributed by atoms with Crippen molar-refractivity contribution in [3.05, 3.63) is 52.6 Å². The van der Waals surface area contributed by atoms with Gasteiger partial charge in [-0.25, -0.2) is 13.8 Å². The van der Waals surface area contributed by atoms with Gasteiger partial charge in [0.1, 0.15) is 17.4 Å². The van der Waals surface area contributed by atoms with E-state index in [2.05, 4.69) is 15.6 Å². The molecular formula is C16H9ClF2N4OS. The average molecular weight is 379 g/mol. The zero-order valence-electron chi connectivity index (χ0n) is 12.4. The molecule has 0 radical (unpaired) electrons. The number of nitrogens with zero attached hydrogens (tertiary/aromatic N) is 2. The van der Waals surface area contributed by atoms with Crippen molar-refractivity contribution in [2.75, 3.05) is 17.2 Å². The Morgan fingerprint density at radius 1 is 1.32 bits per heavy atom. The molecule has 2 N–H and O–H groups in total. The second kappa shape index (κ2) is 7.01. The standard InChI is InChI=1S/C16H9ClF2N4OS/c17-11-5-10(2-1-8(11)6-20)21-7-14(24)22-16-23-15-12(19)3-9(18)4-13(15)25-16/h1-5,21H,7H2,(H,22,23,24). The number of hydrogen-bond acceptors (Lipinski definition) is 5. The van der Waals surface area contributed by atoms with Crippen LogP contribution >= 0.6 is 22.9 Å². The van der Waals surface area contributed by atoms with E-state index < -0.39 is 17.5 Å². The number of carbonyl (C=O) groups is 1. The number of halogens is 3. The van der Waals surface area contributed by atoms with Gasteiger partial charge >= 0.3 is 0 Å². The van der Waals surface area contributed by atoms with Crippen molar-refractivity contribution >= 4 is 49.9 Å². The highest BCUT2D eigenvalue weighted by molar-refractivity contribution is 7.22. The molecule has 1 heterocycles. The van der Waals surface area contributed by atoms with Gasteiger partial charge in [-0.1, -0.05) is 22.9 Å². The lowest BCUT2D eigenvalue weighted by molar-refractivity contribution is -0.114. The third-order valence-corrected chi connectivity index (χ3v) is 4.43. The molecule has 0 aliphatic heterocycles. The monoisotopic (exact) mass is 378 g/mol. The fourth-order valence-electron chi connectivity index (χ4n) is 2.07. The Hall–Kier alpha value is -2.76. The molecule has 0 unspecified atom stereocenters. The summed E-state index contributed by atoms with van der Waals surface area (Å²) in [5.41, 5.74) is 0.908. The van der Waals surface area contributed by atoms with Gasteiger partial charge in [-0.2, -0.15) is 5.26 Å². The van der Waals surface area contributed by atoms with Crippen LogP contribution in [-0.4, -0.2) is 17.4 Å². The molecule has 1 amide bonds. The van der Waals surface area contributed by atoms with E-state index in [1.165, 1.54) is 12.1 Å². The summed E-state index contributed by atoms with van der Waals surface area (Å²) in [6.07, 6.45) is 0. The first-order valence-electron chi connectivity index (χ1n) is 6.95. The Bertz CT molecular complexity index is 1020. The van der Waals surface area contributed by atoms with Crippen molar-refractivity contribution in [1.82, 2.24) is 4.98 Å². The van der Waals surface area contributed by atoms with Crippen LogP contribution in [0.5, 0.6) is 0 Å². The van der Waals surface area contributed by atoms with Crippen LogP contribution < -0.4 is 10.6 Å². The van der Waals surface area contributed by atoms with Gasteiger partial charge in [-0.15, -0.1) is 0 Å². The van der Waals surface area contributed by atoms with Crippen LogP contribution in [0, 0.1) is 23.0 Å².